The van der Waals surface area contributed by atoms with Crippen LogP contribution in [0.25, 0.3) is 11.0 Å². The van der Waals surface area contributed by atoms with Crippen molar-refractivity contribution in [2.45, 2.75) is 6.92 Å². The van der Waals surface area contributed by atoms with Crippen LogP contribution in [0.15, 0.2) is 16.9 Å². The monoisotopic (exact) mass is 221 g/mol. The van der Waals surface area contributed by atoms with Gasteiger partial charge in [-0.2, -0.15) is 0 Å². The van der Waals surface area contributed by atoms with Gasteiger partial charge in [0.05, 0.1) is 18.1 Å². The number of benzene rings is 1. The summed E-state index contributed by atoms with van der Waals surface area (Å²) in [5.74, 6) is 0. The minimum absolute atomic E-state index is 0.274. The highest BCUT2D eigenvalue weighted by Crippen LogP contribution is 2.20. The van der Waals surface area contributed by atoms with Crippen molar-refractivity contribution in [3.63, 3.8) is 0 Å². The van der Waals surface area contributed by atoms with E-state index in [0.29, 0.717) is 16.7 Å². The zero-order chi connectivity index (χ0) is 11.7. The van der Waals surface area contributed by atoms with Crippen LogP contribution in [-0.4, -0.2) is 23.2 Å². The van der Waals surface area contributed by atoms with Gasteiger partial charge in [0.25, 0.3) is 0 Å². The molecule has 84 valence electrons. The van der Waals surface area contributed by atoms with Gasteiger partial charge in [0.1, 0.15) is 0 Å². The van der Waals surface area contributed by atoms with Gasteiger partial charge in [-0.05, 0) is 24.6 Å². The molecule has 0 aliphatic rings. The Hall–Kier alpha value is -2.24. The van der Waals surface area contributed by atoms with Crippen molar-refractivity contribution in [2.75, 3.05) is 12.4 Å². The smallest absolute Gasteiger partial charge is 0.411 e. The van der Waals surface area contributed by atoms with Gasteiger partial charge in [-0.1, -0.05) is 0 Å². The molecule has 0 saturated heterocycles. The Kier molecular flexibility index (Phi) is 2.40. The Morgan fingerprint density at radius 1 is 1.31 bits per heavy atom. The number of aromatic amines is 2. The van der Waals surface area contributed by atoms with Gasteiger partial charge in [-0.15, -0.1) is 0 Å². The van der Waals surface area contributed by atoms with Crippen molar-refractivity contribution in [3.05, 3.63) is 28.2 Å². The lowest BCUT2D eigenvalue weighted by Crippen LogP contribution is -2.11. The van der Waals surface area contributed by atoms with Gasteiger partial charge < -0.3 is 14.7 Å². The second-order valence-corrected chi connectivity index (χ2v) is 3.41. The zero-order valence-corrected chi connectivity index (χ0v) is 8.88. The van der Waals surface area contributed by atoms with Crippen molar-refractivity contribution in [1.82, 2.24) is 9.97 Å². The zero-order valence-electron chi connectivity index (χ0n) is 8.88. The number of hydrogen-bond donors (Lipinski definition) is 3. The number of anilines is 1. The number of fused-ring (bicyclic) bond motifs is 1. The molecule has 1 heterocycles. The number of aryl methyl sites for hydroxylation is 1. The first-order valence-electron chi connectivity index (χ1n) is 4.68. The van der Waals surface area contributed by atoms with Crippen LogP contribution in [0.1, 0.15) is 5.56 Å². The third kappa shape index (κ3) is 1.77. The van der Waals surface area contributed by atoms with E-state index in [1.807, 2.05) is 6.92 Å². The standard InChI is InChI=1S/C10H11N3O3/c1-5-3-7-8(12-9(14)11-7)4-6(5)13-10(15)16-2/h3-4H,1-2H3,(H,13,15)(H2,11,12,14). The fraction of sp³-hybridized carbons (Fsp3) is 0.200. The van der Waals surface area contributed by atoms with E-state index in [1.54, 1.807) is 12.1 Å². The molecule has 0 spiro atoms. The number of hydrogen-bond acceptors (Lipinski definition) is 3. The van der Waals surface area contributed by atoms with Crippen molar-refractivity contribution >= 4 is 22.8 Å². The summed E-state index contributed by atoms with van der Waals surface area (Å²) in [5, 5.41) is 2.56. The lowest BCUT2D eigenvalue weighted by atomic mass is 10.2. The molecule has 0 radical (unpaired) electrons. The summed E-state index contributed by atoms with van der Waals surface area (Å²) in [6, 6.07) is 3.46. The predicted molar refractivity (Wildman–Crippen MR) is 59.7 cm³/mol. The molecular formula is C10H11N3O3. The van der Waals surface area contributed by atoms with Crippen LogP contribution in [0.2, 0.25) is 0 Å². The van der Waals surface area contributed by atoms with Crippen molar-refractivity contribution in [1.29, 1.82) is 0 Å². The van der Waals surface area contributed by atoms with Crippen LogP contribution in [0.3, 0.4) is 0 Å². The maximum Gasteiger partial charge on any atom is 0.411 e. The van der Waals surface area contributed by atoms with Crippen LogP contribution in [0.5, 0.6) is 0 Å². The minimum Gasteiger partial charge on any atom is -0.453 e. The number of ether oxygens (including phenoxy) is 1. The normalized spacial score (nSPS) is 10.4. The second kappa shape index (κ2) is 3.73. The number of aromatic nitrogens is 2. The summed E-state index contributed by atoms with van der Waals surface area (Å²) < 4.78 is 4.50. The molecule has 2 rings (SSSR count). The summed E-state index contributed by atoms with van der Waals surface area (Å²) >= 11 is 0. The highest BCUT2D eigenvalue weighted by Gasteiger charge is 2.07. The van der Waals surface area contributed by atoms with Gasteiger partial charge in [0.15, 0.2) is 0 Å². The third-order valence-electron chi connectivity index (χ3n) is 2.28. The molecule has 6 heteroatoms. The highest BCUT2D eigenvalue weighted by molar-refractivity contribution is 5.90. The number of nitrogens with one attached hydrogen (secondary N) is 3. The Morgan fingerprint density at radius 2 is 1.94 bits per heavy atom. The number of H-pyrrole nitrogens is 2. The van der Waals surface area contributed by atoms with Crippen LogP contribution in [-0.2, 0) is 4.74 Å². The number of methoxy groups -OCH3 is 1. The quantitative estimate of drug-likeness (QED) is 0.679. The molecule has 1 aromatic carbocycles. The van der Waals surface area contributed by atoms with Crippen LogP contribution in [0.4, 0.5) is 10.5 Å². The van der Waals surface area contributed by atoms with Gasteiger partial charge in [0.2, 0.25) is 0 Å². The largest absolute Gasteiger partial charge is 0.453 e. The van der Waals surface area contributed by atoms with Crippen molar-refractivity contribution in [2.24, 2.45) is 0 Å². The van der Waals surface area contributed by atoms with E-state index in [2.05, 4.69) is 20.0 Å². The van der Waals surface area contributed by atoms with E-state index in [4.69, 9.17) is 0 Å². The molecule has 2 aromatic rings. The molecule has 0 fully saturated rings. The van der Waals surface area contributed by atoms with E-state index < -0.39 is 6.09 Å². The Morgan fingerprint density at radius 3 is 2.56 bits per heavy atom. The summed E-state index contributed by atoms with van der Waals surface area (Å²) in [5.41, 5.74) is 2.52. The topological polar surface area (TPSA) is 87.0 Å². The van der Waals surface area contributed by atoms with Crippen molar-refractivity contribution in [3.8, 4) is 0 Å². The average Bonchev–Trinajstić information content (AvgIpc) is 2.58. The molecular weight excluding hydrogens is 210 g/mol. The van der Waals surface area contributed by atoms with Gasteiger partial charge >= 0.3 is 11.8 Å². The molecule has 1 aromatic heterocycles. The predicted octanol–water partition coefficient (Wildman–Crippen LogP) is 1.34. The first-order chi connectivity index (χ1) is 7.60. The number of carbonyl (C=O) groups is 1. The Bertz CT molecular complexity index is 597. The van der Waals surface area contributed by atoms with Crippen LogP contribution >= 0.6 is 0 Å². The maximum atomic E-state index is 11.1. The minimum atomic E-state index is -0.541. The first kappa shape index (κ1) is 10.3. The molecule has 3 N–H and O–H groups in total. The molecule has 0 unspecified atom stereocenters. The Balaban J connectivity index is 2.49. The fourth-order valence-electron chi connectivity index (χ4n) is 1.49. The number of rotatable bonds is 1. The SMILES string of the molecule is COC(=O)Nc1cc2[nH]c(=O)[nH]c2cc1C. The average molecular weight is 221 g/mol. The summed E-state index contributed by atoms with van der Waals surface area (Å²) in [4.78, 5) is 27.4. The Labute approximate surface area is 90.6 Å². The van der Waals surface area contributed by atoms with E-state index in [1.165, 1.54) is 7.11 Å². The molecule has 0 saturated carbocycles. The molecule has 16 heavy (non-hydrogen) atoms. The van der Waals surface area contributed by atoms with Gasteiger partial charge in [0, 0.05) is 5.69 Å². The van der Waals surface area contributed by atoms with Crippen LogP contribution < -0.4 is 11.0 Å². The highest BCUT2D eigenvalue weighted by atomic mass is 16.5. The summed E-state index contributed by atoms with van der Waals surface area (Å²) in [6.07, 6.45) is -0.541. The molecule has 0 aliphatic carbocycles. The number of imidazole rings is 1. The van der Waals surface area contributed by atoms with Crippen molar-refractivity contribution < 1.29 is 9.53 Å². The second-order valence-electron chi connectivity index (χ2n) is 3.41. The third-order valence-corrected chi connectivity index (χ3v) is 2.28. The number of carbonyl (C=O) groups excluding carboxylic acids is 1. The van der Waals surface area contributed by atoms with E-state index in [0.717, 1.165) is 5.56 Å². The summed E-state index contributed by atoms with van der Waals surface area (Å²) in [7, 11) is 1.29. The van der Waals surface area contributed by atoms with Gasteiger partial charge in [-0.25, -0.2) is 9.59 Å². The van der Waals surface area contributed by atoms with E-state index >= 15 is 0 Å². The van der Waals surface area contributed by atoms with Crippen LogP contribution in [0, 0.1) is 6.92 Å². The maximum absolute atomic E-state index is 11.1. The number of amides is 1. The fourth-order valence-corrected chi connectivity index (χ4v) is 1.49. The summed E-state index contributed by atoms with van der Waals surface area (Å²) in [6.45, 7) is 1.83. The van der Waals surface area contributed by atoms with E-state index in [-0.39, 0.29) is 5.69 Å². The van der Waals surface area contributed by atoms with E-state index in [9.17, 15) is 9.59 Å². The lowest BCUT2D eigenvalue weighted by Gasteiger charge is -2.06. The molecule has 0 atom stereocenters. The molecule has 1 amide bonds. The molecule has 6 nitrogen and oxygen atoms in total. The first-order valence-corrected chi connectivity index (χ1v) is 4.68. The molecule has 0 bridgehead atoms. The lowest BCUT2D eigenvalue weighted by molar-refractivity contribution is 0.187. The molecule has 0 aliphatic heterocycles. The van der Waals surface area contributed by atoms with Gasteiger partial charge in [-0.3, -0.25) is 5.32 Å².